The average Bonchev–Trinajstić information content (AvgIpc) is 2.81. The predicted molar refractivity (Wildman–Crippen MR) is 126 cm³/mol. The van der Waals surface area contributed by atoms with Crippen LogP contribution in [0.25, 0.3) is 6.08 Å². The summed E-state index contributed by atoms with van der Waals surface area (Å²) in [5.74, 6) is -0.251. The highest BCUT2D eigenvalue weighted by Crippen LogP contribution is 2.13. The van der Waals surface area contributed by atoms with Gasteiger partial charge in [-0.15, -0.1) is 0 Å². The first-order valence-corrected chi connectivity index (χ1v) is 12.3. The fourth-order valence-corrected chi connectivity index (χ4v) is 4.61. The molecule has 1 saturated heterocycles. The van der Waals surface area contributed by atoms with Gasteiger partial charge in [0.1, 0.15) is 0 Å². The molecule has 9 heteroatoms. The smallest absolute Gasteiger partial charge is 0.251 e. The number of nitrogens with one attached hydrogen (secondary N) is 1. The van der Waals surface area contributed by atoms with Gasteiger partial charge in [0, 0.05) is 55.1 Å². The molecule has 3 rings (SSSR count). The maximum absolute atomic E-state index is 12.5. The number of hydrogen-bond acceptors (Lipinski definition) is 4. The molecular formula is C23H26ClN3O4S. The van der Waals surface area contributed by atoms with E-state index in [1.807, 2.05) is 30.3 Å². The second-order valence-electron chi connectivity index (χ2n) is 7.40. The standard InChI is InChI=1S/C23H26ClN3O4S/c24-21-10-8-20(9-11-21)23(29)25-13-4-7-22(28)26-14-16-27(17-15-26)32(30,31)18-12-19-5-2-1-3-6-19/h1-3,5-6,8-12,18H,4,7,13-17H2,(H,25,29)/b18-12+. The van der Waals surface area contributed by atoms with Crippen LogP contribution in [0.2, 0.25) is 5.02 Å². The number of benzene rings is 2. The van der Waals surface area contributed by atoms with E-state index in [9.17, 15) is 18.0 Å². The maximum Gasteiger partial charge on any atom is 0.251 e. The molecule has 32 heavy (non-hydrogen) atoms. The zero-order valence-electron chi connectivity index (χ0n) is 17.6. The predicted octanol–water partition coefficient (Wildman–Crippen LogP) is 2.99. The minimum absolute atomic E-state index is 0.0392. The van der Waals surface area contributed by atoms with Gasteiger partial charge in [0.15, 0.2) is 0 Å². The Balaban J connectivity index is 1.39. The lowest BCUT2D eigenvalue weighted by atomic mass is 10.2. The molecule has 0 atom stereocenters. The number of piperazine rings is 1. The van der Waals surface area contributed by atoms with Gasteiger partial charge in [-0.1, -0.05) is 41.9 Å². The Labute approximate surface area is 193 Å². The first-order chi connectivity index (χ1) is 15.3. The molecule has 2 aromatic rings. The summed E-state index contributed by atoms with van der Waals surface area (Å²) in [6.07, 6.45) is 2.38. The Morgan fingerprint density at radius 1 is 0.969 bits per heavy atom. The summed E-state index contributed by atoms with van der Waals surface area (Å²) in [7, 11) is -3.53. The Kier molecular flexibility index (Phi) is 8.44. The first kappa shape index (κ1) is 24.0. The van der Waals surface area contributed by atoms with Crippen LogP contribution in [0.4, 0.5) is 0 Å². The van der Waals surface area contributed by atoms with E-state index in [1.165, 1.54) is 9.71 Å². The van der Waals surface area contributed by atoms with Crippen molar-refractivity contribution in [3.8, 4) is 0 Å². The Bertz CT molecular complexity index is 1050. The summed E-state index contributed by atoms with van der Waals surface area (Å²) in [5, 5.41) is 4.56. The molecule has 1 N–H and O–H groups in total. The Hall–Kier alpha value is -2.68. The second-order valence-corrected chi connectivity index (χ2v) is 9.66. The fourth-order valence-electron chi connectivity index (χ4n) is 3.31. The highest BCUT2D eigenvalue weighted by atomic mass is 35.5. The van der Waals surface area contributed by atoms with Crippen LogP contribution >= 0.6 is 11.6 Å². The Morgan fingerprint density at radius 2 is 1.62 bits per heavy atom. The lowest BCUT2D eigenvalue weighted by Gasteiger charge is -2.33. The molecule has 1 heterocycles. The number of halogens is 1. The molecule has 0 aliphatic carbocycles. The lowest BCUT2D eigenvalue weighted by Crippen LogP contribution is -2.50. The summed E-state index contributed by atoms with van der Waals surface area (Å²) in [6.45, 7) is 1.62. The Morgan fingerprint density at radius 3 is 2.28 bits per heavy atom. The van der Waals surface area contributed by atoms with Gasteiger partial charge >= 0.3 is 0 Å². The van der Waals surface area contributed by atoms with Crippen LogP contribution in [0.15, 0.2) is 60.0 Å². The van der Waals surface area contributed by atoms with Crippen LogP contribution in [-0.4, -0.2) is 62.2 Å². The van der Waals surface area contributed by atoms with E-state index in [4.69, 9.17) is 11.6 Å². The molecule has 1 aliphatic heterocycles. The normalized spacial score (nSPS) is 15.1. The molecule has 7 nitrogen and oxygen atoms in total. The SMILES string of the molecule is O=C(NCCCC(=O)N1CCN(S(=O)(=O)/C=C/c2ccccc2)CC1)c1ccc(Cl)cc1. The molecule has 0 unspecified atom stereocenters. The van der Waals surface area contributed by atoms with Crippen LogP contribution in [0.5, 0.6) is 0 Å². The van der Waals surface area contributed by atoms with Crippen LogP contribution in [0.3, 0.4) is 0 Å². The van der Waals surface area contributed by atoms with E-state index in [0.717, 1.165) is 5.56 Å². The summed E-state index contributed by atoms with van der Waals surface area (Å²) < 4.78 is 26.5. The maximum atomic E-state index is 12.5. The van der Waals surface area contributed by atoms with Crippen molar-refractivity contribution in [1.82, 2.24) is 14.5 Å². The highest BCUT2D eigenvalue weighted by molar-refractivity contribution is 7.92. The van der Waals surface area contributed by atoms with Crippen molar-refractivity contribution in [3.63, 3.8) is 0 Å². The first-order valence-electron chi connectivity index (χ1n) is 10.4. The number of nitrogens with zero attached hydrogens (tertiary/aromatic N) is 2. The molecule has 0 bridgehead atoms. The number of carbonyl (C=O) groups is 2. The van der Waals surface area contributed by atoms with Gasteiger partial charge in [-0.25, -0.2) is 8.42 Å². The zero-order chi connectivity index (χ0) is 23.0. The van der Waals surface area contributed by atoms with E-state index in [-0.39, 0.29) is 24.9 Å². The number of sulfonamides is 1. The van der Waals surface area contributed by atoms with Crippen molar-refractivity contribution in [2.75, 3.05) is 32.7 Å². The molecular weight excluding hydrogens is 450 g/mol. The summed E-state index contributed by atoms with van der Waals surface area (Å²) in [6, 6.07) is 15.8. The topological polar surface area (TPSA) is 86.8 Å². The summed E-state index contributed by atoms with van der Waals surface area (Å²) in [5.41, 5.74) is 1.33. The summed E-state index contributed by atoms with van der Waals surface area (Å²) >= 11 is 5.81. The third kappa shape index (κ3) is 6.91. The molecule has 1 aliphatic rings. The van der Waals surface area contributed by atoms with Gasteiger partial charge in [0.25, 0.3) is 5.91 Å². The number of hydrogen-bond donors (Lipinski definition) is 1. The molecule has 2 aromatic carbocycles. The van der Waals surface area contributed by atoms with E-state index in [0.29, 0.717) is 43.1 Å². The van der Waals surface area contributed by atoms with Crippen molar-refractivity contribution in [2.45, 2.75) is 12.8 Å². The molecule has 0 aromatic heterocycles. The van der Waals surface area contributed by atoms with Crippen LogP contribution in [0, 0.1) is 0 Å². The van der Waals surface area contributed by atoms with Crippen LogP contribution in [0.1, 0.15) is 28.8 Å². The lowest BCUT2D eigenvalue weighted by molar-refractivity contribution is -0.132. The van der Waals surface area contributed by atoms with Gasteiger partial charge in [0.2, 0.25) is 15.9 Å². The van der Waals surface area contributed by atoms with E-state index in [2.05, 4.69) is 5.32 Å². The summed E-state index contributed by atoms with van der Waals surface area (Å²) in [4.78, 5) is 26.2. The van der Waals surface area contributed by atoms with Crippen molar-refractivity contribution < 1.29 is 18.0 Å². The second kappa shape index (κ2) is 11.3. The van der Waals surface area contributed by atoms with E-state index >= 15 is 0 Å². The van der Waals surface area contributed by atoms with Gasteiger partial charge in [0.05, 0.1) is 0 Å². The number of carbonyl (C=O) groups excluding carboxylic acids is 2. The van der Waals surface area contributed by atoms with E-state index in [1.54, 1.807) is 35.2 Å². The third-order valence-electron chi connectivity index (χ3n) is 5.14. The van der Waals surface area contributed by atoms with Crippen molar-refractivity contribution in [3.05, 3.63) is 76.2 Å². The minimum atomic E-state index is -3.53. The van der Waals surface area contributed by atoms with Crippen LogP contribution < -0.4 is 5.32 Å². The van der Waals surface area contributed by atoms with Crippen molar-refractivity contribution >= 4 is 39.5 Å². The molecule has 170 valence electrons. The van der Waals surface area contributed by atoms with Gasteiger partial charge in [-0.05, 0) is 42.3 Å². The average molecular weight is 476 g/mol. The largest absolute Gasteiger partial charge is 0.352 e. The quantitative estimate of drug-likeness (QED) is 0.594. The molecule has 1 fully saturated rings. The molecule has 0 saturated carbocycles. The molecule has 0 radical (unpaired) electrons. The zero-order valence-corrected chi connectivity index (χ0v) is 19.2. The minimum Gasteiger partial charge on any atom is -0.352 e. The fraction of sp³-hybridized carbons (Fsp3) is 0.304. The van der Waals surface area contributed by atoms with E-state index < -0.39 is 10.0 Å². The number of rotatable bonds is 8. The van der Waals surface area contributed by atoms with Crippen molar-refractivity contribution in [1.29, 1.82) is 0 Å². The van der Waals surface area contributed by atoms with Crippen LogP contribution in [-0.2, 0) is 14.8 Å². The third-order valence-corrected chi connectivity index (χ3v) is 6.96. The molecule has 0 spiro atoms. The van der Waals surface area contributed by atoms with Crippen molar-refractivity contribution in [2.24, 2.45) is 0 Å². The number of amides is 2. The van der Waals surface area contributed by atoms with Gasteiger partial charge < -0.3 is 10.2 Å². The van der Waals surface area contributed by atoms with Gasteiger partial charge in [-0.3, -0.25) is 9.59 Å². The highest BCUT2D eigenvalue weighted by Gasteiger charge is 2.27. The molecule has 2 amide bonds. The monoisotopic (exact) mass is 475 g/mol. The van der Waals surface area contributed by atoms with Gasteiger partial charge in [-0.2, -0.15) is 4.31 Å².